The lowest BCUT2D eigenvalue weighted by Gasteiger charge is -2.34. The molecule has 1 N–H and O–H groups in total. The van der Waals surface area contributed by atoms with Gasteiger partial charge in [0.25, 0.3) is 0 Å². The number of morpholine rings is 1. The van der Waals surface area contributed by atoms with Crippen molar-refractivity contribution in [3.8, 4) is 0 Å². The summed E-state index contributed by atoms with van der Waals surface area (Å²) in [5.41, 5.74) is 0.984. The van der Waals surface area contributed by atoms with Crippen LogP contribution in [0.25, 0.3) is 0 Å². The topological polar surface area (TPSA) is 72.5 Å². The quantitative estimate of drug-likeness (QED) is 0.943. The fraction of sp³-hybridized carbons (Fsp3) is 0.500. The Hall–Kier alpha value is -2.28. The van der Waals surface area contributed by atoms with Crippen LogP contribution in [0.3, 0.4) is 0 Å². The van der Waals surface area contributed by atoms with Crippen molar-refractivity contribution in [2.45, 2.75) is 26.3 Å². The zero-order chi connectivity index (χ0) is 16.4. The average molecular weight is 318 g/mol. The summed E-state index contributed by atoms with van der Waals surface area (Å²) in [6.45, 7) is 5.45. The van der Waals surface area contributed by atoms with E-state index < -0.39 is 0 Å². The molecule has 0 unspecified atom stereocenters. The van der Waals surface area contributed by atoms with Gasteiger partial charge in [-0.1, -0.05) is 6.92 Å². The number of aromatic nitrogens is 2. The Balaban J connectivity index is 1.76. The molecule has 7 nitrogen and oxygen atoms in total. The van der Waals surface area contributed by atoms with Crippen LogP contribution in [0.4, 0.5) is 10.6 Å². The first-order valence-electron chi connectivity index (χ1n) is 7.83. The molecule has 1 aliphatic rings. The highest BCUT2D eigenvalue weighted by atomic mass is 16.5. The molecule has 1 aliphatic heterocycles. The monoisotopic (exact) mass is 318 g/mol. The largest absolute Gasteiger partial charge is 0.464 e. The minimum Gasteiger partial charge on any atom is -0.464 e. The van der Waals surface area contributed by atoms with Crippen LogP contribution in [-0.4, -0.2) is 40.5 Å². The third-order valence-corrected chi connectivity index (χ3v) is 4.10. The number of hydrogen-bond donors (Lipinski definition) is 1. The lowest BCUT2D eigenvalue weighted by Crippen LogP contribution is -2.45. The van der Waals surface area contributed by atoms with Gasteiger partial charge >= 0.3 is 6.03 Å². The predicted molar refractivity (Wildman–Crippen MR) is 85.3 cm³/mol. The van der Waals surface area contributed by atoms with Gasteiger partial charge in [0.15, 0.2) is 5.82 Å². The number of amides is 2. The molecule has 2 aromatic rings. The standard InChI is InChI=1S/C16H22N4O3/c1-4-12-5-6-14(23-12)13-10-22-8-7-20(13)16(21)17-15-9-11(2)19(3)18-15/h5-6,9,13H,4,7-8,10H2,1-3H3,(H,17,18,21)/t13-/m0/s1. The highest BCUT2D eigenvalue weighted by Gasteiger charge is 2.31. The van der Waals surface area contributed by atoms with Gasteiger partial charge in [0.1, 0.15) is 17.6 Å². The molecule has 0 saturated carbocycles. The van der Waals surface area contributed by atoms with Gasteiger partial charge in [0, 0.05) is 31.8 Å². The minimum absolute atomic E-state index is 0.189. The number of aryl methyl sites for hydroxylation is 3. The van der Waals surface area contributed by atoms with Crippen molar-refractivity contribution in [2.24, 2.45) is 7.05 Å². The Kier molecular flexibility index (Phi) is 4.38. The van der Waals surface area contributed by atoms with E-state index >= 15 is 0 Å². The Morgan fingerprint density at radius 3 is 2.96 bits per heavy atom. The van der Waals surface area contributed by atoms with E-state index in [1.165, 1.54) is 0 Å². The van der Waals surface area contributed by atoms with Crippen molar-refractivity contribution in [3.63, 3.8) is 0 Å². The molecule has 0 aliphatic carbocycles. The SMILES string of the molecule is CCc1ccc([C@@H]2COCCN2C(=O)Nc2cc(C)n(C)n2)o1. The van der Waals surface area contributed by atoms with Gasteiger partial charge in [-0.05, 0) is 19.1 Å². The summed E-state index contributed by atoms with van der Waals surface area (Å²) in [4.78, 5) is 14.4. The summed E-state index contributed by atoms with van der Waals surface area (Å²) in [7, 11) is 1.84. The van der Waals surface area contributed by atoms with Gasteiger partial charge in [-0.3, -0.25) is 10.00 Å². The highest BCUT2D eigenvalue weighted by molar-refractivity contribution is 5.88. The molecule has 124 valence electrons. The maximum atomic E-state index is 12.6. The third-order valence-electron chi connectivity index (χ3n) is 4.10. The van der Waals surface area contributed by atoms with E-state index in [1.807, 2.05) is 39.1 Å². The summed E-state index contributed by atoms with van der Waals surface area (Å²) in [5, 5.41) is 7.12. The number of carbonyl (C=O) groups excluding carboxylic acids is 1. The van der Waals surface area contributed by atoms with E-state index in [-0.39, 0.29) is 12.1 Å². The number of carbonyl (C=O) groups is 1. The van der Waals surface area contributed by atoms with Crippen LogP contribution in [-0.2, 0) is 18.2 Å². The number of hydrogen-bond acceptors (Lipinski definition) is 4. The van der Waals surface area contributed by atoms with Gasteiger partial charge in [0.2, 0.25) is 0 Å². The summed E-state index contributed by atoms with van der Waals surface area (Å²) in [6.07, 6.45) is 0.826. The van der Waals surface area contributed by atoms with Crippen LogP contribution in [0.1, 0.15) is 30.2 Å². The number of urea groups is 1. The van der Waals surface area contributed by atoms with Gasteiger partial charge in [-0.25, -0.2) is 4.79 Å². The second kappa shape index (κ2) is 6.45. The molecule has 7 heteroatoms. The van der Waals surface area contributed by atoms with Gasteiger partial charge in [0.05, 0.1) is 13.2 Å². The van der Waals surface area contributed by atoms with Crippen LogP contribution < -0.4 is 5.32 Å². The minimum atomic E-state index is -0.214. The summed E-state index contributed by atoms with van der Waals surface area (Å²) in [6, 6.07) is 5.31. The Bertz CT molecular complexity index is 672. The van der Waals surface area contributed by atoms with Crippen molar-refractivity contribution in [1.82, 2.24) is 14.7 Å². The van der Waals surface area contributed by atoms with Crippen molar-refractivity contribution >= 4 is 11.8 Å². The van der Waals surface area contributed by atoms with Crippen molar-refractivity contribution < 1.29 is 13.9 Å². The zero-order valence-corrected chi connectivity index (χ0v) is 13.7. The Morgan fingerprint density at radius 1 is 1.48 bits per heavy atom. The van der Waals surface area contributed by atoms with E-state index in [1.54, 1.807) is 9.58 Å². The molecule has 23 heavy (non-hydrogen) atoms. The lowest BCUT2D eigenvalue weighted by atomic mass is 10.2. The molecular weight excluding hydrogens is 296 g/mol. The van der Waals surface area contributed by atoms with Crippen molar-refractivity contribution in [2.75, 3.05) is 25.1 Å². The summed E-state index contributed by atoms with van der Waals surface area (Å²) < 4.78 is 13.1. The van der Waals surface area contributed by atoms with Gasteiger partial charge < -0.3 is 14.1 Å². The molecule has 2 aromatic heterocycles. The van der Waals surface area contributed by atoms with Crippen LogP contribution in [0.15, 0.2) is 22.6 Å². The van der Waals surface area contributed by atoms with Crippen LogP contribution in [0.2, 0.25) is 0 Å². The fourth-order valence-corrected chi connectivity index (χ4v) is 2.65. The molecule has 0 aromatic carbocycles. The molecule has 0 radical (unpaired) electrons. The second-order valence-electron chi connectivity index (χ2n) is 5.67. The molecule has 1 saturated heterocycles. The molecule has 2 amide bonds. The maximum absolute atomic E-state index is 12.6. The third kappa shape index (κ3) is 3.24. The Labute approximate surface area is 135 Å². The van der Waals surface area contributed by atoms with Crippen molar-refractivity contribution in [3.05, 3.63) is 35.4 Å². The zero-order valence-electron chi connectivity index (χ0n) is 13.7. The van der Waals surface area contributed by atoms with Crippen LogP contribution in [0.5, 0.6) is 0 Å². The number of rotatable bonds is 3. The molecule has 0 spiro atoms. The average Bonchev–Trinajstić information content (AvgIpc) is 3.14. The van der Waals surface area contributed by atoms with E-state index in [4.69, 9.17) is 9.15 Å². The number of nitrogens with zero attached hydrogens (tertiary/aromatic N) is 3. The highest BCUT2D eigenvalue weighted by Crippen LogP contribution is 2.27. The molecule has 3 heterocycles. The van der Waals surface area contributed by atoms with E-state index in [0.29, 0.717) is 25.6 Å². The molecular formula is C16H22N4O3. The first-order chi connectivity index (χ1) is 11.1. The lowest BCUT2D eigenvalue weighted by molar-refractivity contribution is 0.00700. The summed E-state index contributed by atoms with van der Waals surface area (Å²) in [5.74, 6) is 2.22. The van der Waals surface area contributed by atoms with Crippen LogP contribution >= 0.6 is 0 Å². The Morgan fingerprint density at radius 2 is 2.30 bits per heavy atom. The van der Waals surface area contributed by atoms with Gasteiger partial charge in [-0.2, -0.15) is 5.10 Å². The van der Waals surface area contributed by atoms with E-state index in [9.17, 15) is 4.79 Å². The van der Waals surface area contributed by atoms with Crippen LogP contribution in [0, 0.1) is 6.92 Å². The van der Waals surface area contributed by atoms with E-state index in [0.717, 1.165) is 23.6 Å². The second-order valence-corrected chi connectivity index (χ2v) is 5.67. The number of furan rings is 1. The predicted octanol–water partition coefficient (Wildman–Crippen LogP) is 2.49. The van der Waals surface area contributed by atoms with Gasteiger partial charge in [-0.15, -0.1) is 0 Å². The molecule has 1 fully saturated rings. The fourth-order valence-electron chi connectivity index (χ4n) is 2.65. The molecule has 3 rings (SSSR count). The number of anilines is 1. The first kappa shape index (κ1) is 15.6. The van der Waals surface area contributed by atoms with E-state index in [2.05, 4.69) is 10.4 Å². The normalized spacial score (nSPS) is 18.2. The van der Waals surface area contributed by atoms with Crippen molar-refractivity contribution in [1.29, 1.82) is 0 Å². The number of nitrogens with one attached hydrogen (secondary N) is 1. The maximum Gasteiger partial charge on any atom is 0.323 e. The molecule has 0 bridgehead atoms. The number of ether oxygens (including phenoxy) is 1. The first-order valence-corrected chi connectivity index (χ1v) is 7.83. The molecule has 1 atom stereocenters. The smallest absolute Gasteiger partial charge is 0.323 e. The summed E-state index contributed by atoms with van der Waals surface area (Å²) >= 11 is 0.